The lowest BCUT2D eigenvalue weighted by atomic mass is 9.98. The molecule has 0 saturated carbocycles. The maximum Gasteiger partial charge on any atom is 0.252 e. The lowest BCUT2D eigenvalue weighted by Gasteiger charge is -2.18. The molecular formula is C24H32N2O2. The molecule has 1 aliphatic carbocycles. The Labute approximate surface area is 168 Å². The van der Waals surface area contributed by atoms with Gasteiger partial charge >= 0.3 is 0 Å². The van der Waals surface area contributed by atoms with E-state index < -0.39 is 6.04 Å². The van der Waals surface area contributed by atoms with E-state index in [4.69, 9.17) is 0 Å². The van der Waals surface area contributed by atoms with Gasteiger partial charge in [0.2, 0.25) is 0 Å². The maximum absolute atomic E-state index is 13.1. The van der Waals surface area contributed by atoms with Gasteiger partial charge in [-0.3, -0.25) is 9.78 Å². The largest absolute Gasteiger partial charge is 0.394 e. The number of hydrogen-bond donors (Lipinski definition) is 2. The fourth-order valence-electron chi connectivity index (χ4n) is 3.91. The highest BCUT2D eigenvalue weighted by Gasteiger charge is 2.18. The van der Waals surface area contributed by atoms with E-state index in [0.29, 0.717) is 0 Å². The molecule has 2 bridgehead atoms. The minimum absolute atomic E-state index is 0.117. The quantitative estimate of drug-likeness (QED) is 0.803. The van der Waals surface area contributed by atoms with E-state index in [1.54, 1.807) is 0 Å². The summed E-state index contributed by atoms with van der Waals surface area (Å²) in [7, 11) is 0. The molecule has 4 heteroatoms. The molecule has 2 heterocycles. The topological polar surface area (TPSA) is 62.2 Å². The number of aliphatic hydroxyl groups is 1. The van der Waals surface area contributed by atoms with Crippen LogP contribution in [0.25, 0.3) is 0 Å². The molecule has 1 amide bonds. The van der Waals surface area contributed by atoms with Gasteiger partial charge < -0.3 is 10.4 Å². The van der Waals surface area contributed by atoms with Crippen LogP contribution in [-0.4, -0.2) is 22.6 Å². The van der Waals surface area contributed by atoms with Crippen LogP contribution in [0.15, 0.2) is 42.6 Å². The summed E-state index contributed by atoms with van der Waals surface area (Å²) < 4.78 is 0. The van der Waals surface area contributed by atoms with Gasteiger partial charge in [-0.25, -0.2) is 0 Å². The summed E-state index contributed by atoms with van der Waals surface area (Å²) in [5.41, 5.74) is 3.64. The number of carbonyl (C=O) groups is 1. The zero-order valence-electron chi connectivity index (χ0n) is 16.7. The number of hydrogen-bond acceptors (Lipinski definition) is 3. The van der Waals surface area contributed by atoms with Crippen molar-refractivity contribution in [2.24, 2.45) is 0 Å². The molecule has 4 nitrogen and oxygen atoms in total. The number of amides is 1. The molecule has 1 aromatic carbocycles. The minimum atomic E-state index is -0.399. The van der Waals surface area contributed by atoms with Crippen molar-refractivity contribution in [2.75, 3.05) is 6.61 Å². The maximum atomic E-state index is 13.1. The first-order chi connectivity index (χ1) is 13.8. The van der Waals surface area contributed by atoms with Crippen LogP contribution < -0.4 is 5.32 Å². The molecule has 1 atom stereocenters. The van der Waals surface area contributed by atoms with E-state index >= 15 is 0 Å². The highest BCUT2D eigenvalue weighted by Crippen LogP contribution is 2.20. The van der Waals surface area contributed by atoms with Crippen LogP contribution in [0.5, 0.6) is 0 Å². The van der Waals surface area contributed by atoms with Gasteiger partial charge in [0.05, 0.1) is 12.6 Å². The fraction of sp³-hybridized carbons (Fsp3) is 0.500. The van der Waals surface area contributed by atoms with Crippen molar-refractivity contribution in [1.29, 1.82) is 0 Å². The smallest absolute Gasteiger partial charge is 0.252 e. The average molecular weight is 381 g/mol. The molecule has 2 aliphatic rings. The molecule has 28 heavy (non-hydrogen) atoms. The number of pyridine rings is 1. The highest BCUT2D eigenvalue weighted by molar-refractivity contribution is 5.96. The molecule has 0 unspecified atom stereocenters. The zero-order chi connectivity index (χ0) is 19.6. The molecule has 0 spiro atoms. The van der Waals surface area contributed by atoms with Gasteiger partial charge in [-0.15, -0.1) is 0 Å². The van der Waals surface area contributed by atoms with E-state index in [-0.39, 0.29) is 12.5 Å². The molecule has 2 aromatic rings. The molecule has 0 radical (unpaired) electrons. The molecule has 150 valence electrons. The summed E-state index contributed by atoms with van der Waals surface area (Å²) in [4.78, 5) is 17.7. The highest BCUT2D eigenvalue weighted by atomic mass is 16.3. The number of carbonyl (C=O) groups excluding carboxylic acids is 1. The second-order valence-electron chi connectivity index (χ2n) is 7.78. The number of aliphatic hydroxyl groups excluding tert-OH is 1. The van der Waals surface area contributed by atoms with Crippen LogP contribution in [0.4, 0.5) is 0 Å². The first-order valence-corrected chi connectivity index (χ1v) is 10.7. The Balaban J connectivity index is 1.79. The third-order valence-corrected chi connectivity index (χ3v) is 5.61. The average Bonchev–Trinajstić information content (AvgIpc) is 2.74. The number of fused-ring (bicyclic) bond motifs is 11. The molecule has 1 aliphatic heterocycles. The Morgan fingerprint density at radius 1 is 0.964 bits per heavy atom. The fourth-order valence-corrected chi connectivity index (χ4v) is 3.91. The van der Waals surface area contributed by atoms with Crippen molar-refractivity contribution < 1.29 is 9.90 Å². The first-order valence-electron chi connectivity index (χ1n) is 10.7. The molecule has 4 rings (SSSR count). The van der Waals surface area contributed by atoms with Crippen LogP contribution in [0, 0.1) is 0 Å². The van der Waals surface area contributed by atoms with Gasteiger partial charge in [0.25, 0.3) is 5.91 Å². The summed E-state index contributed by atoms with van der Waals surface area (Å²) in [5.74, 6) is -0.117. The second-order valence-corrected chi connectivity index (χ2v) is 7.78. The Bertz CT molecular complexity index is 746. The van der Waals surface area contributed by atoms with Crippen molar-refractivity contribution in [3.8, 4) is 0 Å². The van der Waals surface area contributed by atoms with Crippen LogP contribution in [0.2, 0.25) is 0 Å². The molecule has 0 saturated heterocycles. The van der Waals surface area contributed by atoms with Crippen molar-refractivity contribution in [1.82, 2.24) is 10.3 Å². The molecule has 1 aromatic heterocycles. The van der Waals surface area contributed by atoms with Crippen LogP contribution in [0.3, 0.4) is 0 Å². The third kappa shape index (κ3) is 5.90. The van der Waals surface area contributed by atoms with E-state index in [0.717, 1.165) is 48.1 Å². The summed E-state index contributed by atoms with van der Waals surface area (Å²) in [6, 6.07) is 11.2. The zero-order valence-corrected chi connectivity index (χ0v) is 16.7. The third-order valence-electron chi connectivity index (χ3n) is 5.61. The monoisotopic (exact) mass is 380 g/mol. The molecule has 2 N–H and O–H groups in total. The summed E-state index contributed by atoms with van der Waals surface area (Å²) in [6.07, 6.45) is 13.5. The van der Waals surface area contributed by atoms with Crippen molar-refractivity contribution in [2.45, 2.75) is 70.3 Å². The van der Waals surface area contributed by atoms with Gasteiger partial charge in [0, 0.05) is 17.5 Å². The molecule has 0 fully saturated rings. The van der Waals surface area contributed by atoms with Gasteiger partial charge in [-0.05, 0) is 42.9 Å². The lowest BCUT2D eigenvalue weighted by molar-refractivity contribution is 0.0915. The summed E-state index contributed by atoms with van der Waals surface area (Å²) >= 11 is 0. The van der Waals surface area contributed by atoms with Crippen LogP contribution in [0.1, 0.15) is 84.6 Å². The predicted molar refractivity (Wildman–Crippen MR) is 112 cm³/mol. The van der Waals surface area contributed by atoms with E-state index in [1.807, 2.05) is 42.6 Å². The van der Waals surface area contributed by atoms with Crippen LogP contribution in [-0.2, 0) is 12.8 Å². The second kappa shape index (κ2) is 11.0. The number of nitrogens with one attached hydrogen (secondary N) is 1. The van der Waals surface area contributed by atoms with Crippen molar-refractivity contribution >= 4 is 5.91 Å². The Hall–Kier alpha value is -2.20. The van der Waals surface area contributed by atoms with Crippen LogP contribution >= 0.6 is 0 Å². The first kappa shape index (κ1) is 20.5. The minimum Gasteiger partial charge on any atom is -0.394 e. The van der Waals surface area contributed by atoms with Crippen molar-refractivity contribution in [3.05, 3.63) is 65.0 Å². The predicted octanol–water partition coefficient (Wildman–Crippen LogP) is 4.76. The lowest BCUT2D eigenvalue weighted by Crippen LogP contribution is -2.31. The number of aromatic nitrogens is 1. The van der Waals surface area contributed by atoms with E-state index in [2.05, 4.69) is 10.3 Å². The Kier molecular flexibility index (Phi) is 8.04. The summed E-state index contributed by atoms with van der Waals surface area (Å²) in [5, 5.41) is 12.8. The number of rotatable bonds is 4. The van der Waals surface area contributed by atoms with Gasteiger partial charge in [-0.1, -0.05) is 68.9 Å². The van der Waals surface area contributed by atoms with Gasteiger partial charge in [0.1, 0.15) is 0 Å². The van der Waals surface area contributed by atoms with E-state index in [1.165, 1.54) is 38.5 Å². The van der Waals surface area contributed by atoms with Gasteiger partial charge in [-0.2, -0.15) is 0 Å². The Morgan fingerprint density at radius 3 is 2.29 bits per heavy atom. The van der Waals surface area contributed by atoms with Gasteiger partial charge in [0.15, 0.2) is 0 Å². The molecular weight excluding hydrogens is 348 g/mol. The number of nitrogens with zero attached hydrogens (tertiary/aromatic N) is 1. The van der Waals surface area contributed by atoms with Crippen molar-refractivity contribution in [3.63, 3.8) is 0 Å². The standard InChI is InChI=1S/C24H32N2O2/c27-18-23(19-12-9-7-10-13-19)26-24(28)22-16-21-15-11-6-4-2-1-3-5-8-14-20(22)17-25-21/h7,9-10,12-13,16-17,23,27H,1-6,8,11,14-15,18H2,(H,26,28)/t23-/m0/s1. The number of aryl methyl sites for hydroxylation is 2. The SMILES string of the molecule is O=C(N[C@@H](CO)c1ccccc1)c1cc2ncc1CCCCCCCCCC2. The normalized spacial score (nSPS) is 16.9. The summed E-state index contributed by atoms with van der Waals surface area (Å²) in [6.45, 7) is -0.122. The van der Waals surface area contributed by atoms with E-state index in [9.17, 15) is 9.90 Å². The Morgan fingerprint density at radius 2 is 1.61 bits per heavy atom. The number of benzene rings is 1.